The Morgan fingerprint density at radius 2 is 1.95 bits per heavy atom. The maximum atomic E-state index is 13.4. The van der Waals surface area contributed by atoms with Gasteiger partial charge in [0, 0.05) is 12.2 Å². The predicted octanol–water partition coefficient (Wildman–Crippen LogP) is 2.33. The molecule has 0 saturated heterocycles. The maximum absolute atomic E-state index is 13.4. The molecule has 0 aliphatic carbocycles. The molecular formula is C16H22FNO2. The molecule has 110 valence electrons. The minimum atomic E-state index is -0.316. The summed E-state index contributed by atoms with van der Waals surface area (Å²) in [5.74, 6) is 5.72. The molecule has 0 atom stereocenters. The standard InChI is InChI=1S/C16H22FNO2/c1-13(2)11-19-6-7-20-12-15-8-14(4-3-5-18)9-16(17)10-15/h8-10,13H,5-7,11-12,18H2,1-2H3. The molecule has 1 rings (SSSR count). The molecule has 0 heterocycles. The Hall–Kier alpha value is -1.41. The molecule has 0 spiro atoms. The minimum Gasteiger partial charge on any atom is -0.379 e. The van der Waals surface area contributed by atoms with Gasteiger partial charge in [-0.3, -0.25) is 0 Å². The van der Waals surface area contributed by atoms with E-state index in [9.17, 15) is 4.39 Å². The molecule has 4 heteroatoms. The smallest absolute Gasteiger partial charge is 0.124 e. The Balaban J connectivity index is 2.38. The van der Waals surface area contributed by atoms with Gasteiger partial charge in [0.25, 0.3) is 0 Å². The summed E-state index contributed by atoms with van der Waals surface area (Å²) < 4.78 is 24.2. The van der Waals surface area contributed by atoms with Crippen LogP contribution in [0.15, 0.2) is 18.2 Å². The van der Waals surface area contributed by atoms with Crippen LogP contribution < -0.4 is 5.73 Å². The van der Waals surface area contributed by atoms with Crippen molar-refractivity contribution in [2.24, 2.45) is 11.7 Å². The first-order valence-electron chi connectivity index (χ1n) is 6.75. The van der Waals surface area contributed by atoms with E-state index in [0.29, 0.717) is 31.3 Å². The molecule has 2 N–H and O–H groups in total. The van der Waals surface area contributed by atoms with Crippen molar-refractivity contribution >= 4 is 0 Å². The lowest BCUT2D eigenvalue weighted by Crippen LogP contribution is -2.08. The highest BCUT2D eigenvalue weighted by atomic mass is 19.1. The number of rotatable bonds is 7. The Kier molecular flexibility index (Phi) is 7.89. The van der Waals surface area contributed by atoms with Gasteiger partial charge in [-0.2, -0.15) is 0 Å². The Morgan fingerprint density at radius 3 is 2.65 bits per heavy atom. The van der Waals surface area contributed by atoms with Crippen molar-refractivity contribution in [3.05, 3.63) is 35.1 Å². The van der Waals surface area contributed by atoms with Gasteiger partial charge < -0.3 is 15.2 Å². The molecule has 0 aromatic heterocycles. The summed E-state index contributed by atoms with van der Waals surface area (Å²) in [5, 5.41) is 0. The molecule has 20 heavy (non-hydrogen) atoms. The van der Waals surface area contributed by atoms with Crippen LogP contribution in [-0.2, 0) is 16.1 Å². The summed E-state index contributed by atoms with van der Waals surface area (Å²) in [6.45, 7) is 6.56. The van der Waals surface area contributed by atoms with Gasteiger partial charge in [-0.15, -0.1) is 0 Å². The number of benzene rings is 1. The van der Waals surface area contributed by atoms with Gasteiger partial charge in [0.2, 0.25) is 0 Å². The number of hydrogen-bond donors (Lipinski definition) is 1. The number of nitrogens with two attached hydrogens (primary N) is 1. The van der Waals surface area contributed by atoms with Crippen LogP contribution in [0.2, 0.25) is 0 Å². The molecule has 0 aliphatic heterocycles. The lowest BCUT2D eigenvalue weighted by molar-refractivity contribution is 0.0314. The van der Waals surface area contributed by atoms with Crippen LogP contribution in [0.1, 0.15) is 25.0 Å². The largest absolute Gasteiger partial charge is 0.379 e. The fourth-order valence-electron chi connectivity index (χ4n) is 1.59. The summed E-state index contributed by atoms with van der Waals surface area (Å²) in [6.07, 6.45) is 0. The van der Waals surface area contributed by atoms with Crippen LogP contribution in [0.5, 0.6) is 0 Å². The zero-order valence-electron chi connectivity index (χ0n) is 12.1. The SMILES string of the molecule is CC(C)COCCOCc1cc(F)cc(C#CCN)c1. The fourth-order valence-corrected chi connectivity index (χ4v) is 1.59. The van der Waals surface area contributed by atoms with Crippen LogP contribution in [0, 0.1) is 23.6 Å². The van der Waals surface area contributed by atoms with Gasteiger partial charge in [-0.05, 0) is 29.7 Å². The van der Waals surface area contributed by atoms with Crippen LogP contribution in [-0.4, -0.2) is 26.4 Å². The molecule has 0 radical (unpaired) electrons. The van der Waals surface area contributed by atoms with E-state index >= 15 is 0 Å². The van der Waals surface area contributed by atoms with Gasteiger partial charge in [-0.25, -0.2) is 4.39 Å². The molecule has 1 aromatic carbocycles. The number of hydrogen-bond acceptors (Lipinski definition) is 3. The van der Waals surface area contributed by atoms with E-state index in [1.54, 1.807) is 6.07 Å². The molecule has 0 unspecified atom stereocenters. The third-order valence-corrected chi connectivity index (χ3v) is 2.38. The van der Waals surface area contributed by atoms with Crippen LogP contribution in [0.3, 0.4) is 0 Å². The van der Waals surface area contributed by atoms with Crippen molar-refractivity contribution in [2.45, 2.75) is 20.5 Å². The third-order valence-electron chi connectivity index (χ3n) is 2.38. The first-order valence-corrected chi connectivity index (χ1v) is 6.75. The Bertz CT molecular complexity index is 463. The second kappa shape index (κ2) is 9.49. The molecule has 1 aromatic rings. The Morgan fingerprint density at radius 1 is 1.20 bits per heavy atom. The lowest BCUT2D eigenvalue weighted by Gasteiger charge is -2.08. The minimum absolute atomic E-state index is 0.259. The first kappa shape index (κ1) is 16.6. The second-order valence-electron chi connectivity index (χ2n) is 4.88. The van der Waals surface area contributed by atoms with E-state index in [-0.39, 0.29) is 12.4 Å². The summed E-state index contributed by atoms with van der Waals surface area (Å²) >= 11 is 0. The van der Waals surface area contributed by atoms with E-state index in [2.05, 4.69) is 25.7 Å². The number of halogens is 1. The summed E-state index contributed by atoms with van der Waals surface area (Å²) in [5.41, 5.74) is 6.67. The van der Waals surface area contributed by atoms with E-state index < -0.39 is 0 Å². The lowest BCUT2D eigenvalue weighted by atomic mass is 10.1. The van der Waals surface area contributed by atoms with Crippen LogP contribution in [0.4, 0.5) is 4.39 Å². The molecule has 3 nitrogen and oxygen atoms in total. The van der Waals surface area contributed by atoms with Crippen molar-refractivity contribution in [3.8, 4) is 11.8 Å². The Labute approximate surface area is 120 Å². The van der Waals surface area contributed by atoms with E-state index in [1.165, 1.54) is 12.1 Å². The van der Waals surface area contributed by atoms with Gasteiger partial charge in [0.15, 0.2) is 0 Å². The van der Waals surface area contributed by atoms with Gasteiger partial charge in [0.1, 0.15) is 5.82 Å². The van der Waals surface area contributed by atoms with Gasteiger partial charge in [0.05, 0.1) is 26.4 Å². The van der Waals surface area contributed by atoms with Crippen molar-refractivity contribution in [1.29, 1.82) is 0 Å². The van der Waals surface area contributed by atoms with E-state index in [1.807, 2.05) is 0 Å². The monoisotopic (exact) mass is 279 g/mol. The topological polar surface area (TPSA) is 44.5 Å². The molecule has 0 saturated carbocycles. The second-order valence-corrected chi connectivity index (χ2v) is 4.88. The van der Waals surface area contributed by atoms with Crippen LogP contribution in [0.25, 0.3) is 0 Å². The highest BCUT2D eigenvalue weighted by molar-refractivity contribution is 5.37. The third kappa shape index (κ3) is 7.25. The molecule has 0 fully saturated rings. The van der Waals surface area contributed by atoms with E-state index in [4.69, 9.17) is 15.2 Å². The highest BCUT2D eigenvalue weighted by Gasteiger charge is 2.00. The van der Waals surface area contributed by atoms with Crippen LogP contribution >= 0.6 is 0 Å². The molecular weight excluding hydrogens is 257 g/mol. The zero-order valence-corrected chi connectivity index (χ0v) is 12.1. The quantitative estimate of drug-likeness (QED) is 0.615. The van der Waals surface area contributed by atoms with Crippen molar-refractivity contribution < 1.29 is 13.9 Å². The van der Waals surface area contributed by atoms with Crippen molar-refractivity contribution in [2.75, 3.05) is 26.4 Å². The maximum Gasteiger partial charge on any atom is 0.124 e. The molecule has 0 amide bonds. The van der Waals surface area contributed by atoms with Crippen molar-refractivity contribution in [1.82, 2.24) is 0 Å². The normalized spacial score (nSPS) is 10.4. The summed E-state index contributed by atoms with van der Waals surface area (Å²) in [4.78, 5) is 0. The highest BCUT2D eigenvalue weighted by Crippen LogP contribution is 2.09. The van der Waals surface area contributed by atoms with Crippen molar-refractivity contribution in [3.63, 3.8) is 0 Å². The van der Waals surface area contributed by atoms with E-state index in [0.717, 1.165) is 12.2 Å². The average molecular weight is 279 g/mol. The number of ether oxygens (including phenoxy) is 2. The van der Waals surface area contributed by atoms with Gasteiger partial charge >= 0.3 is 0 Å². The predicted molar refractivity (Wildman–Crippen MR) is 77.6 cm³/mol. The van der Waals surface area contributed by atoms with Gasteiger partial charge in [-0.1, -0.05) is 25.7 Å². The molecule has 0 bridgehead atoms. The summed E-state index contributed by atoms with van der Waals surface area (Å²) in [7, 11) is 0. The molecule has 0 aliphatic rings. The first-order chi connectivity index (χ1) is 9.61. The fraction of sp³-hybridized carbons (Fsp3) is 0.500. The zero-order chi connectivity index (χ0) is 14.8. The average Bonchev–Trinajstić information content (AvgIpc) is 2.39. The summed E-state index contributed by atoms with van der Waals surface area (Å²) in [6, 6.07) is 4.64.